The predicted octanol–water partition coefficient (Wildman–Crippen LogP) is 3.37. The SMILES string of the molecule is NC(=O)c1cc(Nc2ccccc2)c(Nc2ccccc2)cc1C(N)=O. The molecule has 0 atom stereocenters. The smallest absolute Gasteiger partial charge is 0.249 e. The first-order chi connectivity index (χ1) is 12.5. The molecule has 0 bridgehead atoms. The number of anilines is 4. The van der Waals surface area contributed by atoms with Crippen molar-refractivity contribution in [2.45, 2.75) is 0 Å². The highest BCUT2D eigenvalue weighted by Crippen LogP contribution is 2.31. The fourth-order valence-electron chi connectivity index (χ4n) is 2.57. The number of hydrogen-bond acceptors (Lipinski definition) is 4. The number of rotatable bonds is 6. The summed E-state index contributed by atoms with van der Waals surface area (Å²) in [5.41, 5.74) is 13.8. The lowest BCUT2D eigenvalue weighted by Gasteiger charge is -2.17. The van der Waals surface area contributed by atoms with E-state index in [4.69, 9.17) is 11.5 Å². The third-order valence-corrected chi connectivity index (χ3v) is 3.79. The van der Waals surface area contributed by atoms with Crippen LogP contribution in [0.2, 0.25) is 0 Å². The second-order valence-corrected chi connectivity index (χ2v) is 5.65. The number of carbonyl (C=O) groups excluding carboxylic acids is 2. The van der Waals surface area contributed by atoms with E-state index < -0.39 is 11.8 Å². The number of nitrogens with one attached hydrogen (secondary N) is 2. The van der Waals surface area contributed by atoms with Gasteiger partial charge < -0.3 is 22.1 Å². The molecule has 6 nitrogen and oxygen atoms in total. The highest BCUT2D eigenvalue weighted by molar-refractivity contribution is 6.08. The van der Waals surface area contributed by atoms with Crippen molar-refractivity contribution in [3.8, 4) is 0 Å². The van der Waals surface area contributed by atoms with E-state index in [-0.39, 0.29) is 11.1 Å². The molecule has 0 saturated carbocycles. The summed E-state index contributed by atoms with van der Waals surface area (Å²) in [6.45, 7) is 0. The zero-order valence-electron chi connectivity index (χ0n) is 13.9. The zero-order valence-corrected chi connectivity index (χ0v) is 13.9. The van der Waals surface area contributed by atoms with Gasteiger partial charge in [0.15, 0.2) is 0 Å². The Labute approximate surface area is 150 Å². The summed E-state index contributed by atoms with van der Waals surface area (Å²) in [5.74, 6) is -1.44. The van der Waals surface area contributed by atoms with Crippen molar-refractivity contribution in [1.29, 1.82) is 0 Å². The van der Waals surface area contributed by atoms with Crippen LogP contribution < -0.4 is 22.1 Å². The van der Waals surface area contributed by atoms with Crippen molar-refractivity contribution < 1.29 is 9.59 Å². The van der Waals surface area contributed by atoms with Gasteiger partial charge in [-0.25, -0.2) is 0 Å². The highest BCUT2D eigenvalue weighted by atomic mass is 16.2. The van der Waals surface area contributed by atoms with Crippen molar-refractivity contribution in [2.24, 2.45) is 11.5 Å². The Kier molecular flexibility index (Phi) is 4.85. The number of carbonyl (C=O) groups is 2. The molecular weight excluding hydrogens is 328 g/mol. The first-order valence-electron chi connectivity index (χ1n) is 7.96. The minimum absolute atomic E-state index is 0.0644. The number of amides is 2. The molecule has 3 aromatic carbocycles. The molecule has 130 valence electrons. The molecule has 0 spiro atoms. The Morgan fingerprint density at radius 1 is 0.615 bits per heavy atom. The third kappa shape index (κ3) is 3.81. The van der Waals surface area contributed by atoms with Crippen molar-refractivity contribution in [2.75, 3.05) is 10.6 Å². The average molecular weight is 346 g/mol. The number of benzene rings is 3. The van der Waals surface area contributed by atoms with Crippen LogP contribution in [0.3, 0.4) is 0 Å². The molecule has 0 radical (unpaired) electrons. The van der Waals surface area contributed by atoms with Gasteiger partial charge in [-0.3, -0.25) is 9.59 Å². The lowest BCUT2D eigenvalue weighted by Crippen LogP contribution is -2.21. The number of para-hydroxylation sites is 2. The lowest BCUT2D eigenvalue weighted by molar-refractivity contribution is 0.0967. The van der Waals surface area contributed by atoms with Crippen LogP contribution in [-0.4, -0.2) is 11.8 Å². The Morgan fingerprint density at radius 3 is 1.27 bits per heavy atom. The molecule has 2 amide bonds. The van der Waals surface area contributed by atoms with Crippen molar-refractivity contribution in [3.63, 3.8) is 0 Å². The first kappa shape index (κ1) is 17.0. The molecule has 0 aliphatic carbocycles. The van der Waals surface area contributed by atoms with Crippen LogP contribution in [0.15, 0.2) is 72.8 Å². The van der Waals surface area contributed by atoms with Crippen LogP contribution in [0.1, 0.15) is 20.7 Å². The highest BCUT2D eigenvalue weighted by Gasteiger charge is 2.17. The lowest BCUT2D eigenvalue weighted by atomic mass is 10.0. The molecule has 6 N–H and O–H groups in total. The summed E-state index contributed by atoms with van der Waals surface area (Å²) in [6, 6.07) is 22.0. The Balaban J connectivity index is 2.10. The van der Waals surface area contributed by atoms with Crippen LogP contribution in [-0.2, 0) is 0 Å². The number of hydrogen-bond donors (Lipinski definition) is 4. The molecule has 0 aromatic heterocycles. The van der Waals surface area contributed by atoms with Gasteiger partial charge in [-0.2, -0.15) is 0 Å². The molecule has 0 aliphatic heterocycles. The summed E-state index contributed by atoms with van der Waals surface area (Å²) < 4.78 is 0. The van der Waals surface area contributed by atoms with Crippen LogP contribution in [0.5, 0.6) is 0 Å². The van der Waals surface area contributed by atoms with Gasteiger partial charge in [-0.1, -0.05) is 36.4 Å². The minimum Gasteiger partial charge on any atom is -0.366 e. The molecule has 0 heterocycles. The predicted molar refractivity (Wildman–Crippen MR) is 103 cm³/mol. The van der Waals surface area contributed by atoms with Gasteiger partial charge in [0.25, 0.3) is 0 Å². The summed E-state index contributed by atoms with van der Waals surface area (Å²) in [4.78, 5) is 23.5. The van der Waals surface area contributed by atoms with Gasteiger partial charge in [-0.05, 0) is 36.4 Å². The molecule has 6 heteroatoms. The van der Waals surface area contributed by atoms with Gasteiger partial charge in [0.05, 0.1) is 22.5 Å². The van der Waals surface area contributed by atoms with E-state index in [1.807, 2.05) is 60.7 Å². The van der Waals surface area contributed by atoms with Crippen LogP contribution in [0.25, 0.3) is 0 Å². The quantitative estimate of drug-likeness (QED) is 0.548. The van der Waals surface area contributed by atoms with Crippen LogP contribution in [0.4, 0.5) is 22.7 Å². The molecule has 3 aromatic rings. The topological polar surface area (TPSA) is 110 Å². The van der Waals surface area contributed by atoms with E-state index in [0.717, 1.165) is 11.4 Å². The monoisotopic (exact) mass is 346 g/mol. The first-order valence-corrected chi connectivity index (χ1v) is 7.96. The molecule has 0 fully saturated rings. The normalized spacial score (nSPS) is 10.2. The molecule has 0 unspecified atom stereocenters. The van der Waals surface area contributed by atoms with Gasteiger partial charge in [0.1, 0.15) is 0 Å². The molecule has 0 aliphatic rings. The molecule has 0 saturated heterocycles. The zero-order chi connectivity index (χ0) is 18.5. The maximum atomic E-state index is 11.8. The maximum absolute atomic E-state index is 11.8. The van der Waals surface area contributed by atoms with Crippen molar-refractivity contribution >= 4 is 34.6 Å². The summed E-state index contributed by atoms with van der Waals surface area (Å²) >= 11 is 0. The van der Waals surface area contributed by atoms with Gasteiger partial charge in [0, 0.05) is 11.4 Å². The summed E-state index contributed by atoms with van der Waals surface area (Å²) in [6.07, 6.45) is 0. The standard InChI is InChI=1S/C20H18N4O2/c21-19(25)15-11-17(23-13-7-3-1-4-8-13)18(12-16(15)20(22)26)24-14-9-5-2-6-10-14/h1-12,23-24H,(H2,21,25)(H2,22,26). The average Bonchev–Trinajstić information content (AvgIpc) is 2.64. The van der Waals surface area contributed by atoms with Gasteiger partial charge in [-0.15, -0.1) is 0 Å². The van der Waals surface area contributed by atoms with Crippen molar-refractivity contribution in [3.05, 3.63) is 83.9 Å². The van der Waals surface area contributed by atoms with E-state index >= 15 is 0 Å². The van der Waals surface area contributed by atoms with Gasteiger partial charge in [0.2, 0.25) is 11.8 Å². The Hall–Kier alpha value is -3.80. The van der Waals surface area contributed by atoms with E-state index in [1.165, 1.54) is 12.1 Å². The molecule has 26 heavy (non-hydrogen) atoms. The van der Waals surface area contributed by atoms with E-state index in [9.17, 15) is 9.59 Å². The fourth-order valence-corrected chi connectivity index (χ4v) is 2.57. The second kappa shape index (κ2) is 7.40. The minimum atomic E-state index is -0.721. The number of nitrogens with two attached hydrogens (primary N) is 2. The fraction of sp³-hybridized carbons (Fsp3) is 0. The summed E-state index contributed by atoms with van der Waals surface area (Å²) in [7, 11) is 0. The van der Waals surface area contributed by atoms with Crippen LogP contribution >= 0.6 is 0 Å². The molecular formula is C20H18N4O2. The maximum Gasteiger partial charge on any atom is 0.249 e. The van der Waals surface area contributed by atoms with E-state index in [2.05, 4.69) is 10.6 Å². The summed E-state index contributed by atoms with van der Waals surface area (Å²) in [5, 5.41) is 6.46. The van der Waals surface area contributed by atoms with Crippen molar-refractivity contribution in [1.82, 2.24) is 0 Å². The van der Waals surface area contributed by atoms with Crippen LogP contribution in [0, 0.1) is 0 Å². The largest absolute Gasteiger partial charge is 0.366 e. The molecule has 3 rings (SSSR count). The number of primary amides is 2. The van der Waals surface area contributed by atoms with Gasteiger partial charge >= 0.3 is 0 Å². The van der Waals surface area contributed by atoms with E-state index in [1.54, 1.807) is 0 Å². The Morgan fingerprint density at radius 2 is 0.962 bits per heavy atom. The Bertz CT molecular complexity index is 862. The van der Waals surface area contributed by atoms with E-state index in [0.29, 0.717) is 11.4 Å². The third-order valence-electron chi connectivity index (χ3n) is 3.79. The second-order valence-electron chi connectivity index (χ2n) is 5.65.